The van der Waals surface area contributed by atoms with Gasteiger partial charge in [0.1, 0.15) is 12.4 Å². The molecule has 0 aliphatic heterocycles. The fraction of sp³-hybridized carbons (Fsp3) is 0.222. The lowest BCUT2D eigenvalue weighted by atomic mass is 10.4. The molecule has 0 amide bonds. The Hall–Kier alpha value is -1.71. The van der Waals surface area contributed by atoms with Crippen molar-refractivity contribution in [2.75, 3.05) is 0 Å². The summed E-state index contributed by atoms with van der Waals surface area (Å²) in [6.07, 6.45) is 5.25. The van der Waals surface area contributed by atoms with Crippen LogP contribution in [0.15, 0.2) is 30.7 Å². The zero-order valence-electron chi connectivity index (χ0n) is 7.38. The van der Waals surface area contributed by atoms with Gasteiger partial charge in [-0.05, 0) is 19.1 Å². The highest BCUT2D eigenvalue weighted by atomic mass is 15.3. The predicted octanol–water partition coefficient (Wildman–Crippen LogP) is 1.03. The third-order valence-corrected chi connectivity index (χ3v) is 1.84. The van der Waals surface area contributed by atoms with Crippen molar-refractivity contribution in [1.29, 1.82) is 0 Å². The lowest BCUT2D eigenvalue weighted by Crippen LogP contribution is -2.06. The van der Waals surface area contributed by atoms with Gasteiger partial charge in [0, 0.05) is 24.3 Å². The Bertz CT molecular complexity index is 380. The van der Waals surface area contributed by atoms with Crippen LogP contribution in [0.3, 0.4) is 0 Å². The standard InChI is InChI=1S/C9H10N4/c1-8-3-6-12-13(8)7-9-10-4-2-5-11-9/h2-6H,7H2,1H3. The van der Waals surface area contributed by atoms with Gasteiger partial charge in [-0.2, -0.15) is 5.10 Å². The molecule has 0 N–H and O–H groups in total. The summed E-state index contributed by atoms with van der Waals surface area (Å²) in [5, 5.41) is 4.15. The normalized spacial score (nSPS) is 10.2. The van der Waals surface area contributed by atoms with E-state index in [0.29, 0.717) is 6.54 Å². The maximum atomic E-state index is 4.15. The average Bonchev–Trinajstić information content (AvgIpc) is 2.54. The van der Waals surface area contributed by atoms with Crippen LogP contribution in [0.25, 0.3) is 0 Å². The van der Waals surface area contributed by atoms with Crippen LogP contribution in [0.2, 0.25) is 0 Å². The van der Waals surface area contributed by atoms with Crippen molar-refractivity contribution in [3.63, 3.8) is 0 Å². The summed E-state index contributed by atoms with van der Waals surface area (Å²) in [5.74, 6) is 0.786. The quantitative estimate of drug-likeness (QED) is 0.683. The van der Waals surface area contributed by atoms with Crippen molar-refractivity contribution >= 4 is 0 Å². The Labute approximate surface area is 76.3 Å². The minimum absolute atomic E-state index is 0.639. The topological polar surface area (TPSA) is 43.6 Å². The van der Waals surface area contributed by atoms with Gasteiger partial charge in [0.2, 0.25) is 0 Å². The first-order valence-corrected chi connectivity index (χ1v) is 4.10. The maximum absolute atomic E-state index is 4.15. The van der Waals surface area contributed by atoms with Crippen LogP contribution in [0.1, 0.15) is 11.5 Å². The van der Waals surface area contributed by atoms with Crippen molar-refractivity contribution < 1.29 is 0 Å². The van der Waals surface area contributed by atoms with Crippen LogP contribution in [-0.2, 0) is 6.54 Å². The summed E-state index contributed by atoms with van der Waals surface area (Å²) in [7, 11) is 0. The fourth-order valence-electron chi connectivity index (χ4n) is 1.11. The second kappa shape index (κ2) is 3.35. The number of aryl methyl sites for hydroxylation is 1. The molecule has 0 bridgehead atoms. The molecule has 0 radical (unpaired) electrons. The Kier molecular flexibility index (Phi) is 2.04. The van der Waals surface area contributed by atoms with Gasteiger partial charge in [0.15, 0.2) is 0 Å². The molecule has 0 unspecified atom stereocenters. The molecule has 2 aromatic rings. The molecule has 4 heteroatoms. The Morgan fingerprint density at radius 3 is 2.62 bits per heavy atom. The molecule has 4 nitrogen and oxygen atoms in total. The molecule has 0 aliphatic carbocycles. The molecule has 2 aromatic heterocycles. The largest absolute Gasteiger partial charge is 0.262 e. The van der Waals surface area contributed by atoms with Crippen LogP contribution in [-0.4, -0.2) is 19.7 Å². The van der Waals surface area contributed by atoms with Crippen molar-refractivity contribution in [2.45, 2.75) is 13.5 Å². The fourth-order valence-corrected chi connectivity index (χ4v) is 1.11. The Morgan fingerprint density at radius 1 is 1.23 bits per heavy atom. The van der Waals surface area contributed by atoms with Gasteiger partial charge in [0.05, 0.1) is 0 Å². The number of hydrogen-bond donors (Lipinski definition) is 0. The van der Waals surface area contributed by atoms with Crippen LogP contribution >= 0.6 is 0 Å². The average molecular weight is 174 g/mol. The van der Waals surface area contributed by atoms with Crippen LogP contribution in [0.4, 0.5) is 0 Å². The van der Waals surface area contributed by atoms with E-state index >= 15 is 0 Å². The van der Waals surface area contributed by atoms with Crippen molar-refractivity contribution in [3.05, 3.63) is 42.2 Å². The molecule has 2 rings (SSSR count). The minimum Gasteiger partial charge on any atom is -0.262 e. The molecular weight excluding hydrogens is 164 g/mol. The Balaban J connectivity index is 2.20. The molecule has 0 fully saturated rings. The SMILES string of the molecule is Cc1ccnn1Cc1ncccn1. The first kappa shape index (κ1) is 7.91. The third-order valence-electron chi connectivity index (χ3n) is 1.84. The number of hydrogen-bond acceptors (Lipinski definition) is 3. The second-order valence-corrected chi connectivity index (χ2v) is 2.80. The monoisotopic (exact) mass is 174 g/mol. The molecule has 0 spiro atoms. The van der Waals surface area contributed by atoms with Crippen molar-refractivity contribution in [1.82, 2.24) is 19.7 Å². The van der Waals surface area contributed by atoms with Gasteiger partial charge in [-0.1, -0.05) is 0 Å². The Morgan fingerprint density at radius 2 is 2.00 bits per heavy atom. The maximum Gasteiger partial charge on any atom is 0.149 e. The van der Waals surface area contributed by atoms with E-state index in [0.717, 1.165) is 11.5 Å². The van der Waals surface area contributed by atoms with Crippen LogP contribution in [0.5, 0.6) is 0 Å². The van der Waals surface area contributed by atoms with Gasteiger partial charge in [-0.15, -0.1) is 0 Å². The van der Waals surface area contributed by atoms with E-state index in [1.54, 1.807) is 24.7 Å². The summed E-state index contributed by atoms with van der Waals surface area (Å²) in [6.45, 7) is 2.65. The first-order chi connectivity index (χ1) is 6.36. The van der Waals surface area contributed by atoms with E-state index in [-0.39, 0.29) is 0 Å². The first-order valence-electron chi connectivity index (χ1n) is 4.10. The van der Waals surface area contributed by atoms with Gasteiger partial charge in [-0.3, -0.25) is 4.68 Å². The lowest BCUT2D eigenvalue weighted by molar-refractivity contribution is 0.636. The van der Waals surface area contributed by atoms with E-state index in [1.807, 2.05) is 17.7 Å². The summed E-state index contributed by atoms with van der Waals surface area (Å²) in [5.41, 5.74) is 1.12. The lowest BCUT2D eigenvalue weighted by Gasteiger charge is -2.01. The highest BCUT2D eigenvalue weighted by Crippen LogP contribution is 1.98. The second-order valence-electron chi connectivity index (χ2n) is 2.80. The van der Waals surface area contributed by atoms with E-state index in [4.69, 9.17) is 0 Å². The van der Waals surface area contributed by atoms with Gasteiger partial charge in [-0.25, -0.2) is 9.97 Å². The van der Waals surface area contributed by atoms with Crippen LogP contribution in [0, 0.1) is 6.92 Å². The van der Waals surface area contributed by atoms with Gasteiger partial charge < -0.3 is 0 Å². The molecule has 0 atom stereocenters. The minimum atomic E-state index is 0.639. The highest BCUT2D eigenvalue weighted by molar-refractivity contribution is 4.99. The van der Waals surface area contributed by atoms with Crippen LogP contribution < -0.4 is 0 Å². The highest BCUT2D eigenvalue weighted by Gasteiger charge is 1.99. The molecule has 13 heavy (non-hydrogen) atoms. The zero-order chi connectivity index (χ0) is 9.10. The molecular formula is C9H10N4. The molecule has 2 heterocycles. The number of aromatic nitrogens is 4. The molecule has 66 valence electrons. The van der Waals surface area contributed by atoms with E-state index in [1.165, 1.54) is 0 Å². The van der Waals surface area contributed by atoms with E-state index in [2.05, 4.69) is 15.1 Å². The predicted molar refractivity (Wildman–Crippen MR) is 48.1 cm³/mol. The summed E-state index contributed by atoms with van der Waals surface area (Å²) < 4.78 is 1.87. The summed E-state index contributed by atoms with van der Waals surface area (Å²) in [6, 6.07) is 3.77. The smallest absolute Gasteiger partial charge is 0.149 e. The molecule has 0 aliphatic rings. The number of nitrogens with zero attached hydrogens (tertiary/aromatic N) is 4. The van der Waals surface area contributed by atoms with E-state index < -0.39 is 0 Å². The molecule has 0 saturated carbocycles. The van der Waals surface area contributed by atoms with Gasteiger partial charge >= 0.3 is 0 Å². The van der Waals surface area contributed by atoms with Crippen molar-refractivity contribution in [2.24, 2.45) is 0 Å². The van der Waals surface area contributed by atoms with Gasteiger partial charge in [0.25, 0.3) is 0 Å². The molecule has 0 saturated heterocycles. The van der Waals surface area contributed by atoms with E-state index in [9.17, 15) is 0 Å². The zero-order valence-corrected chi connectivity index (χ0v) is 7.38. The molecule has 0 aromatic carbocycles. The number of rotatable bonds is 2. The third kappa shape index (κ3) is 1.72. The van der Waals surface area contributed by atoms with Crippen molar-refractivity contribution in [3.8, 4) is 0 Å². The summed E-state index contributed by atoms with van der Waals surface area (Å²) >= 11 is 0. The summed E-state index contributed by atoms with van der Waals surface area (Å²) in [4.78, 5) is 8.25.